The summed E-state index contributed by atoms with van der Waals surface area (Å²) >= 11 is 1.25. The van der Waals surface area contributed by atoms with E-state index in [1.165, 1.54) is 11.8 Å². The molecule has 0 N–H and O–H groups in total. The van der Waals surface area contributed by atoms with Crippen molar-refractivity contribution in [3.63, 3.8) is 0 Å². The number of carbonyl (C=O) groups excluding carboxylic acids is 2. The third-order valence-corrected chi connectivity index (χ3v) is 15.7. The first-order chi connectivity index (χ1) is 15.8. The van der Waals surface area contributed by atoms with Crippen molar-refractivity contribution in [1.82, 2.24) is 0 Å². The Bertz CT molecular complexity index is 733. The van der Waals surface area contributed by atoms with Crippen LogP contribution in [-0.2, 0) is 37.1 Å². The predicted molar refractivity (Wildman–Crippen MR) is 149 cm³/mol. The zero-order chi connectivity index (χ0) is 27.5. The van der Waals surface area contributed by atoms with E-state index in [9.17, 15) is 9.59 Å². The van der Waals surface area contributed by atoms with Crippen LogP contribution in [0.2, 0.25) is 51.9 Å². The van der Waals surface area contributed by atoms with Gasteiger partial charge >= 0.3 is 20.5 Å². The number of rotatable bonds is 18. The maximum Gasteiger partial charge on any atom is 0.333 e. The van der Waals surface area contributed by atoms with Crippen molar-refractivity contribution in [1.29, 1.82) is 0 Å². The maximum absolute atomic E-state index is 12.6. The second-order valence-electron chi connectivity index (χ2n) is 11.1. The van der Waals surface area contributed by atoms with E-state index in [1.54, 1.807) is 6.92 Å². The molecule has 0 aromatic carbocycles. The van der Waals surface area contributed by atoms with Gasteiger partial charge in [0.15, 0.2) is 21.7 Å². The van der Waals surface area contributed by atoms with Gasteiger partial charge in [-0.2, -0.15) is 4.89 Å². The molecule has 0 aromatic heterocycles. The highest BCUT2D eigenvalue weighted by molar-refractivity contribution is 8.02. The molecule has 12 heteroatoms. The fourth-order valence-electron chi connectivity index (χ4n) is 3.08. The van der Waals surface area contributed by atoms with E-state index in [1.807, 2.05) is 13.8 Å². The molecule has 0 bridgehead atoms. The van der Waals surface area contributed by atoms with Crippen LogP contribution in [0.5, 0.6) is 0 Å². The van der Waals surface area contributed by atoms with Crippen molar-refractivity contribution in [2.45, 2.75) is 79.1 Å². The van der Waals surface area contributed by atoms with Gasteiger partial charge in [-0.3, -0.25) is 4.79 Å². The second kappa shape index (κ2) is 14.7. The Labute approximate surface area is 219 Å². The molecule has 35 heavy (non-hydrogen) atoms. The van der Waals surface area contributed by atoms with Crippen molar-refractivity contribution >= 4 is 48.9 Å². The van der Waals surface area contributed by atoms with E-state index in [0.29, 0.717) is 23.0 Å². The van der Waals surface area contributed by atoms with Crippen LogP contribution in [0.3, 0.4) is 0 Å². The summed E-state index contributed by atoms with van der Waals surface area (Å²) in [6, 6.07) is 0.893. The van der Waals surface area contributed by atoms with Crippen molar-refractivity contribution in [2.75, 3.05) is 25.6 Å². The molecule has 0 rings (SSSR count). The molecule has 0 saturated heterocycles. The van der Waals surface area contributed by atoms with Gasteiger partial charge in [-0.15, -0.1) is 0 Å². The highest BCUT2D eigenvalue weighted by atomic mass is 32.2. The van der Waals surface area contributed by atoms with Gasteiger partial charge in [0.1, 0.15) is 13.2 Å². The van der Waals surface area contributed by atoms with Crippen LogP contribution < -0.4 is 0 Å². The summed E-state index contributed by atoms with van der Waals surface area (Å²) in [4.78, 5) is 33.9. The monoisotopic (exact) mass is 566 g/mol. The van der Waals surface area contributed by atoms with Crippen LogP contribution in [0.4, 0.5) is 0 Å². The average molecular weight is 567 g/mol. The molecule has 0 amide bonds. The number of hydrogen-bond acceptors (Lipinski definition) is 9. The molecule has 0 atom stereocenters. The Morgan fingerprint density at radius 2 is 1.49 bits per heavy atom. The van der Waals surface area contributed by atoms with E-state index in [0.717, 1.165) is 12.5 Å². The fourth-order valence-corrected chi connectivity index (χ4v) is 17.0. The first kappa shape index (κ1) is 34.1. The van der Waals surface area contributed by atoms with Gasteiger partial charge in [-0.25, -0.2) is 4.79 Å². The summed E-state index contributed by atoms with van der Waals surface area (Å²) < 4.78 is 23.2. The topological polar surface area (TPSA) is 89.5 Å². The van der Waals surface area contributed by atoms with E-state index < -0.39 is 36.6 Å². The third kappa shape index (κ3) is 17.2. The molecule has 204 valence electrons. The lowest BCUT2D eigenvalue weighted by Crippen LogP contribution is -2.51. The predicted octanol–water partition coefficient (Wildman–Crippen LogP) is 5.99. The molecule has 0 aliphatic carbocycles. The SMILES string of the molecule is C=C(OOCCOC(=O)C(=C)C)SCC(C)(C)C(=O)OCCC[Si](C)(C)O[Si](C)(C)O[Si](C)(C)C. The number of hydrogen-bond donors (Lipinski definition) is 0. The van der Waals surface area contributed by atoms with Gasteiger partial charge in [0.2, 0.25) is 0 Å². The van der Waals surface area contributed by atoms with Crippen LogP contribution in [0.15, 0.2) is 23.8 Å². The van der Waals surface area contributed by atoms with Gasteiger partial charge in [-0.1, -0.05) is 18.3 Å². The first-order valence-corrected chi connectivity index (χ1v) is 22.1. The summed E-state index contributed by atoms with van der Waals surface area (Å²) in [7, 11) is -5.76. The second-order valence-corrected chi connectivity index (χ2v) is 24.8. The van der Waals surface area contributed by atoms with Crippen LogP contribution >= 0.6 is 11.8 Å². The number of ether oxygens (including phenoxy) is 2. The van der Waals surface area contributed by atoms with Crippen LogP contribution in [-0.4, -0.2) is 62.7 Å². The summed E-state index contributed by atoms with van der Waals surface area (Å²) in [5.41, 5.74) is -0.408. The van der Waals surface area contributed by atoms with Crippen LogP contribution in [0, 0.1) is 5.41 Å². The Morgan fingerprint density at radius 1 is 0.886 bits per heavy atom. The quantitative estimate of drug-likeness (QED) is 0.0377. The van der Waals surface area contributed by atoms with Crippen molar-refractivity contribution < 1.29 is 37.1 Å². The summed E-state index contributed by atoms with van der Waals surface area (Å²) in [5, 5.41) is 0.300. The summed E-state index contributed by atoms with van der Waals surface area (Å²) in [6.07, 6.45) is 0.755. The molecule has 0 unspecified atom stereocenters. The van der Waals surface area contributed by atoms with Crippen molar-refractivity contribution in [3.05, 3.63) is 23.8 Å². The molecule has 0 aliphatic heterocycles. The number of carbonyl (C=O) groups is 2. The summed E-state index contributed by atoms with van der Waals surface area (Å²) in [6.45, 7) is 28.0. The minimum absolute atomic E-state index is 0.0389. The van der Waals surface area contributed by atoms with Crippen LogP contribution in [0.1, 0.15) is 27.2 Å². The van der Waals surface area contributed by atoms with E-state index in [2.05, 4.69) is 59.0 Å². The lowest BCUT2D eigenvalue weighted by molar-refractivity contribution is -0.257. The molecule has 0 saturated carbocycles. The number of esters is 2. The molecule has 0 fully saturated rings. The lowest BCUT2D eigenvalue weighted by atomic mass is 9.97. The lowest BCUT2D eigenvalue weighted by Gasteiger charge is -2.37. The minimum Gasteiger partial charge on any atom is -0.465 e. The Hall–Kier alpha value is -0.899. The Morgan fingerprint density at radius 3 is 2.03 bits per heavy atom. The zero-order valence-electron chi connectivity index (χ0n) is 23.3. The molecule has 0 heterocycles. The highest BCUT2D eigenvalue weighted by Gasteiger charge is 2.38. The van der Waals surface area contributed by atoms with Gasteiger partial charge in [0.05, 0.1) is 12.0 Å². The molecule has 8 nitrogen and oxygen atoms in total. The van der Waals surface area contributed by atoms with Gasteiger partial charge in [0.25, 0.3) is 0 Å². The first-order valence-electron chi connectivity index (χ1n) is 11.8. The smallest absolute Gasteiger partial charge is 0.333 e. The molecular formula is C23H46O8SSi3. The van der Waals surface area contributed by atoms with Gasteiger partial charge in [-0.05, 0) is 85.6 Å². The van der Waals surface area contributed by atoms with E-state index in [4.69, 9.17) is 27.5 Å². The maximum atomic E-state index is 12.6. The van der Waals surface area contributed by atoms with Crippen molar-refractivity contribution in [3.8, 4) is 0 Å². The molecular weight excluding hydrogens is 521 g/mol. The van der Waals surface area contributed by atoms with E-state index in [-0.39, 0.29) is 19.2 Å². The fraction of sp³-hybridized carbons (Fsp3) is 0.739. The summed E-state index contributed by atoms with van der Waals surface area (Å²) in [5.74, 6) is -0.347. The van der Waals surface area contributed by atoms with E-state index >= 15 is 0 Å². The largest absolute Gasteiger partial charge is 0.465 e. The molecule has 0 spiro atoms. The highest BCUT2D eigenvalue weighted by Crippen LogP contribution is 2.28. The number of thioether (sulfide) groups is 1. The zero-order valence-corrected chi connectivity index (χ0v) is 27.1. The standard InChI is InChI=1S/C23H46O8SSi3/c1-19(2)21(24)26-15-16-28-29-20(3)32-18-23(4,5)22(25)27-14-13-17-34(9,10)31-35(11,12)30-33(6,7)8/h1,3,13-18H2,2,4-12H3. The normalized spacial score (nSPS) is 12.7. The van der Waals surface area contributed by atoms with Gasteiger partial charge < -0.3 is 22.6 Å². The van der Waals surface area contributed by atoms with Crippen molar-refractivity contribution in [2.24, 2.45) is 5.41 Å². The Kier molecular flexibility index (Phi) is 14.4. The Balaban J connectivity index is 4.27. The molecule has 0 aliphatic rings. The molecule has 0 aromatic rings. The minimum atomic E-state index is -2.17. The average Bonchev–Trinajstić information content (AvgIpc) is 2.66. The molecule has 0 radical (unpaired) electrons. The van der Waals surface area contributed by atoms with Gasteiger partial charge in [0, 0.05) is 11.3 Å². The van der Waals surface area contributed by atoms with Crippen LogP contribution in [0.25, 0.3) is 0 Å². The third-order valence-electron chi connectivity index (χ3n) is 4.28.